The number of hydrogen-bond acceptors (Lipinski definition) is 2. The van der Waals surface area contributed by atoms with Crippen molar-refractivity contribution in [2.24, 2.45) is 0 Å². The van der Waals surface area contributed by atoms with Gasteiger partial charge in [0.05, 0.1) is 0 Å². The van der Waals surface area contributed by atoms with Gasteiger partial charge in [-0.25, -0.2) is 8.78 Å². The van der Waals surface area contributed by atoms with Crippen molar-refractivity contribution in [1.82, 2.24) is 4.90 Å². The molecule has 1 aliphatic carbocycles. The molecule has 4 rings (SSSR count). The molecule has 3 aromatic rings. The van der Waals surface area contributed by atoms with Crippen LogP contribution in [0.3, 0.4) is 0 Å². The summed E-state index contributed by atoms with van der Waals surface area (Å²) in [5.41, 5.74) is 1.58. The Hall–Kier alpha value is -2.95. The minimum absolute atomic E-state index is 0.187. The van der Waals surface area contributed by atoms with Gasteiger partial charge in [-0.2, -0.15) is 0 Å². The van der Waals surface area contributed by atoms with Crippen LogP contribution >= 0.6 is 0 Å². The van der Waals surface area contributed by atoms with E-state index < -0.39 is 0 Å². The first kappa shape index (κ1) is 16.5. The van der Waals surface area contributed by atoms with Crippen LogP contribution in [0.1, 0.15) is 29.0 Å². The second-order valence-corrected chi connectivity index (χ2v) is 6.46. The van der Waals surface area contributed by atoms with E-state index in [1.807, 2.05) is 0 Å². The lowest BCUT2D eigenvalue weighted by Gasteiger charge is -2.21. The van der Waals surface area contributed by atoms with E-state index in [1.165, 1.54) is 24.3 Å². The molecule has 1 amide bonds. The van der Waals surface area contributed by atoms with Crippen molar-refractivity contribution in [3.05, 3.63) is 83.6 Å². The second-order valence-electron chi connectivity index (χ2n) is 6.46. The van der Waals surface area contributed by atoms with E-state index in [2.05, 4.69) is 0 Å². The van der Waals surface area contributed by atoms with Gasteiger partial charge in [0.1, 0.15) is 17.4 Å². The fourth-order valence-corrected chi connectivity index (χ4v) is 2.90. The number of halogens is 2. The summed E-state index contributed by atoms with van der Waals surface area (Å²) < 4.78 is 31.9. The highest BCUT2D eigenvalue weighted by Crippen LogP contribution is 2.31. The van der Waals surface area contributed by atoms with Crippen molar-refractivity contribution in [2.75, 3.05) is 0 Å². The first-order valence-electron chi connectivity index (χ1n) is 8.51. The number of hydrogen-bond donors (Lipinski definition) is 0. The van der Waals surface area contributed by atoms with Crippen LogP contribution in [0.2, 0.25) is 0 Å². The molecule has 0 radical (unpaired) electrons. The molecule has 1 saturated carbocycles. The summed E-state index contributed by atoms with van der Waals surface area (Å²) in [6.45, 7) is 0.413. The van der Waals surface area contributed by atoms with Crippen LogP contribution in [-0.4, -0.2) is 16.8 Å². The quantitative estimate of drug-likeness (QED) is 0.645. The smallest absolute Gasteiger partial charge is 0.290 e. The Balaban J connectivity index is 1.54. The van der Waals surface area contributed by atoms with Gasteiger partial charge in [0.25, 0.3) is 5.91 Å². The Labute approximate surface area is 149 Å². The number of amides is 1. The second kappa shape index (κ2) is 6.75. The maximum absolute atomic E-state index is 13.1. The predicted octanol–water partition coefficient (Wildman–Crippen LogP) is 5.03. The van der Waals surface area contributed by atoms with E-state index >= 15 is 0 Å². The normalized spacial score (nSPS) is 13.6. The summed E-state index contributed by atoms with van der Waals surface area (Å²) >= 11 is 0. The maximum atomic E-state index is 13.1. The Kier molecular flexibility index (Phi) is 4.29. The number of carbonyl (C=O) groups excluding carboxylic acids is 1. The molecule has 1 heterocycles. The van der Waals surface area contributed by atoms with E-state index in [9.17, 15) is 13.6 Å². The van der Waals surface area contributed by atoms with Gasteiger partial charge in [0.2, 0.25) is 0 Å². The average molecular weight is 353 g/mol. The Bertz CT molecular complexity index is 912. The van der Waals surface area contributed by atoms with Gasteiger partial charge in [-0.1, -0.05) is 12.1 Å². The minimum atomic E-state index is -0.323. The fraction of sp³-hybridized carbons (Fsp3) is 0.190. The van der Waals surface area contributed by atoms with Crippen molar-refractivity contribution in [2.45, 2.75) is 25.4 Å². The van der Waals surface area contributed by atoms with Gasteiger partial charge in [0, 0.05) is 18.2 Å². The molecule has 1 aliphatic rings. The van der Waals surface area contributed by atoms with Crippen molar-refractivity contribution >= 4 is 5.91 Å². The molecule has 26 heavy (non-hydrogen) atoms. The molecule has 5 heteroatoms. The van der Waals surface area contributed by atoms with Gasteiger partial charge in [-0.3, -0.25) is 4.79 Å². The van der Waals surface area contributed by atoms with Gasteiger partial charge in [-0.15, -0.1) is 0 Å². The zero-order chi connectivity index (χ0) is 18.1. The molecule has 1 aromatic heterocycles. The molecule has 1 fully saturated rings. The van der Waals surface area contributed by atoms with Gasteiger partial charge in [0.15, 0.2) is 5.76 Å². The Morgan fingerprint density at radius 2 is 1.54 bits per heavy atom. The number of rotatable bonds is 5. The highest BCUT2D eigenvalue weighted by molar-refractivity contribution is 5.92. The average Bonchev–Trinajstić information content (AvgIpc) is 3.37. The predicted molar refractivity (Wildman–Crippen MR) is 93.4 cm³/mol. The van der Waals surface area contributed by atoms with Crippen molar-refractivity contribution in [1.29, 1.82) is 0 Å². The molecule has 0 bridgehead atoms. The summed E-state index contributed by atoms with van der Waals surface area (Å²) in [6.07, 6.45) is 1.91. The van der Waals surface area contributed by atoms with Crippen LogP contribution in [0.5, 0.6) is 0 Å². The number of carbonyl (C=O) groups is 1. The number of benzene rings is 2. The van der Waals surface area contributed by atoms with E-state index in [1.54, 1.807) is 41.3 Å². The molecule has 0 aliphatic heterocycles. The largest absolute Gasteiger partial charge is 0.451 e. The van der Waals surface area contributed by atoms with Crippen LogP contribution in [0.15, 0.2) is 65.1 Å². The monoisotopic (exact) mass is 353 g/mol. The van der Waals surface area contributed by atoms with Crippen molar-refractivity contribution < 1.29 is 18.0 Å². The van der Waals surface area contributed by atoms with E-state index in [0.717, 1.165) is 18.4 Å². The molecule has 0 N–H and O–H groups in total. The van der Waals surface area contributed by atoms with Crippen molar-refractivity contribution in [3.8, 4) is 11.3 Å². The summed E-state index contributed by atoms with van der Waals surface area (Å²) in [7, 11) is 0. The first-order chi connectivity index (χ1) is 12.6. The highest BCUT2D eigenvalue weighted by atomic mass is 19.1. The molecule has 0 saturated heterocycles. The lowest BCUT2D eigenvalue weighted by molar-refractivity contribution is 0.0698. The summed E-state index contributed by atoms with van der Waals surface area (Å²) in [5, 5.41) is 0. The van der Waals surface area contributed by atoms with Gasteiger partial charge >= 0.3 is 0 Å². The summed E-state index contributed by atoms with van der Waals surface area (Å²) in [4.78, 5) is 14.7. The maximum Gasteiger partial charge on any atom is 0.290 e. The van der Waals surface area contributed by atoms with E-state index in [4.69, 9.17) is 4.42 Å². The molecular weight excluding hydrogens is 336 g/mol. The minimum Gasteiger partial charge on any atom is -0.451 e. The zero-order valence-corrected chi connectivity index (χ0v) is 14.0. The van der Waals surface area contributed by atoms with E-state index in [0.29, 0.717) is 17.9 Å². The van der Waals surface area contributed by atoms with Crippen LogP contribution in [0, 0.1) is 11.6 Å². The third-order valence-corrected chi connectivity index (χ3v) is 4.46. The molecule has 0 unspecified atom stereocenters. The molecule has 2 aromatic carbocycles. The third-order valence-electron chi connectivity index (χ3n) is 4.46. The van der Waals surface area contributed by atoms with Crippen LogP contribution < -0.4 is 0 Å². The lowest BCUT2D eigenvalue weighted by atomic mass is 10.2. The SMILES string of the molecule is O=C(c1ccc(-c2ccc(F)cc2)o1)N(Cc1ccc(F)cc1)C1CC1. The zero-order valence-electron chi connectivity index (χ0n) is 14.0. The summed E-state index contributed by atoms with van der Waals surface area (Å²) in [6, 6.07) is 15.6. The van der Waals surface area contributed by atoms with E-state index in [-0.39, 0.29) is 29.3 Å². The number of nitrogens with zero attached hydrogens (tertiary/aromatic N) is 1. The standard InChI is InChI=1S/C21H17F2NO2/c22-16-5-1-14(2-6-16)13-24(18-9-10-18)21(25)20-12-11-19(26-20)15-3-7-17(23)8-4-15/h1-8,11-12,18H,9-10,13H2. The summed E-state index contributed by atoms with van der Waals surface area (Å²) in [5.74, 6) is -0.0433. The molecular formula is C21H17F2NO2. The molecule has 0 spiro atoms. The molecule has 132 valence electrons. The highest BCUT2D eigenvalue weighted by Gasteiger charge is 2.34. The van der Waals surface area contributed by atoms with Crippen LogP contribution in [0.25, 0.3) is 11.3 Å². The van der Waals surface area contributed by atoms with Gasteiger partial charge < -0.3 is 9.32 Å². The lowest BCUT2D eigenvalue weighted by Crippen LogP contribution is -2.32. The van der Waals surface area contributed by atoms with Crippen LogP contribution in [0.4, 0.5) is 8.78 Å². The first-order valence-corrected chi connectivity index (χ1v) is 8.51. The van der Waals surface area contributed by atoms with Gasteiger partial charge in [-0.05, 0) is 66.9 Å². The van der Waals surface area contributed by atoms with Crippen LogP contribution in [-0.2, 0) is 6.54 Å². The Morgan fingerprint density at radius 1 is 0.923 bits per heavy atom. The van der Waals surface area contributed by atoms with Crippen molar-refractivity contribution in [3.63, 3.8) is 0 Å². The topological polar surface area (TPSA) is 33.5 Å². The fourth-order valence-electron chi connectivity index (χ4n) is 2.90. The number of furan rings is 1. The third kappa shape index (κ3) is 3.52. The molecule has 0 atom stereocenters. The Morgan fingerprint density at radius 3 is 2.15 bits per heavy atom. The molecule has 3 nitrogen and oxygen atoms in total.